The van der Waals surface area contributed by atoms with Crippen LogP contribution < -0.4 is 5.56 Å². The standard InChI is InChI=1S/C11H6ClN3O2S/c12-8-9(16)13-5-14-10(8)18-11-15-6-3-1-2-4-7(6)17-11/h1-5H,(H,13,14,16). The smallest absolute Gasteiger partial charge is 0.270 e. The van der Waals surface area contributed by atoms with Crippen LogP contribution in [0.5, 0.6) is 0 Å². The highest BCUT2D eigenvalue weighted by molar-refractivity contribution is 7.99. The molecule has 2 heterocycles. The fourth-order valence-corrected chi connectivity index (χ4v) is 2.36. The average Bonchev–Trinajstić information content (AvgIpc) is 2.77. The topological polar surface area (TPSA) is 71.8 Å². The summed E-state index contributed by atoms with van der Waals surface area (Å²) < 4.78 is 5.51. The van der Waals surface area contributed by atoms with Crippen LogP contribution in [-0.4, -0.2) is 15.0 Å². The molecule has 0 saturated carbocycles. The molecule has 0 spiro atoms. The number of fused-ring (bicyclic) bond motifs is 1. The van der Waals surface area contributed by atoms with E-state index in [1.165, 1.54) is 6.33 Å². The third kappa shape index (κ3) is 2.00. The Balaban J connectivity index is 2.01. The summed E-state index contributed by atoms with van der Waals surface area (Å²) in [7, 11) is 0. The molecule has 90 valence electrons. The highest BCUT2D eigenvalue weighted by atomic mass is 35.5. The third-order valence-electron chi connectivity index (χ3n) is 2.22. The van der Waals surface area contributed by atoms with Gasteiger partial charge in [-0.3, -0.25) is 4.79 Å². The van der Waals surface area contributed by atoms with Crippen molar-refractivity contribution in [1.29, 1.82) is 0 Å². The van der Waals surface area contributed by atoms with Gasteiger partial charge in [0.15, 0.2) is 5.58 Å². The second-order valence-electron chi connectivity index (χ2n) is 3.40. The van der Waals surface area contributed by atoms with Crippen LogP contribution in [0.3, 0.4) is 0 Å². The number of benzene rings is 1. The van der Waals surface area contributed by atoms with E-state index >= 15 is 0 Å². The van der Waals surface area contributed by atoms with E-state index in [1.807, 2.05) is 24.3 Å². The first-order chi connectivity index (χ1) is 8.74. The Morgan fingerprint density at radius 2 is 2.17 bits per heavy atom. The Hall–Kier alpha value is -1.79. The number of aromatic nitrogens is 3. The maximum Gasteiger partial charge on any atom is 0.270 e. The quantitative estimate of drug-likeness (QED) is 0.730. The molecule has 0 aliphatic carbocycles. The van der Waals surface area contributed by atoms with Crippen LogP contribution in [0.1, 0.15) is 0 Å². The van der Waals surface area contributed by atoms with Crippen LogP contribution in [0.4, 0.5) is 0 Å². The van der Waals surface area contributed by atoms with Crippen molar-refractivity contribution in [3.05, 3.63) is 46.0 Å². The molecule has 3 aromatic rings. The molecule has 1 aromatic carbocycles. The summed E-state index contributed by atoms with van der Waals surface area (Å²) in [5.41, 5.74) is 1.05. The summed E-state index contributed by atoms with van der Waals surface area (Å²) in [5.74, 6) is 0. The van der Waals surface area contributed by atoms with Crippen molar-refractivity contribution >= 4 is 34.5 Å². The molecule has 5 nitrogen and oxygen atoms in total. The predicted octanol–water partition coefficient (Wildman–Crippen LogP) is 2.72. The summed E-state index contributed by atoms with van der Waals surface area (Å²) in [6.07, 6.45) is 1.29. The molecular weight excluding hydrogens is 274 g/mol. The van der Waals surface area contributed by atoms with Gasteiger partial charge in [-0.15, -0.1) is 0 Å². The highest BCUT2D eigenvalue weighted by Gasteiger charge is 2.12. The lowest BCUT2D eigenvalue weighted by Gasteiger charge is -1.96. The molecule has 0 amide bonds. The van der Waals surface area contributed by atoms with E-state index in [-0.39, 0.29) is 10.6 Å². The highest BCUT2D eigenvalue weighted by Crippen LogP contribution is 2.30. The molecule has 7 heteroatoms. The van der Waals surface area contributed by atoms with Crippen LogP contribution in [0.25, 0.3) is 11.1 Å². The first-order valence-corrected chi connectivity index (χ1v) is 6.20. The molecule has 0 saturated heterocycles. The number of para-hydroxylation sites is 2. The minimum Gasteiger partial charge on any atom is -0.431 e. The lowest BCUT2D eigenvalue weighted by molar-refractivity contribution is 0.489. The molecule has 0 radical (unpaired) electrons. The van der Waals surface area contributed by atoms with E-state index in [4.69, 9.17) is 16.0 Å². The number of H-pyrrole nitrogens is 1. The Kier molecular flexibility index (Phi) is 2.81. The molecule has 0 fully saturated rings. The van der Waals surface area contributed by atoms with Gasteiger partial charge in [-0.2, -0.15) is 0 Å². The van der Waals surface area contributed by atoms with Crippen molar-refractivity contribution in [2.45, 2.75) is 10.2 Å². The first kappa shape index (κ1) is 11.3. The number of aromatic amines is 1. The summed E-state index contributed by atoms with van der Waals surface area (Å²) in [4.78, 5) is 21.9. The normalized spacial score (nSPS) is 10.9. The van der Waals surface area contributed by atoms with E-state index in [0.29, 0.717) is 15.8 Å². The third-order valence-corrected chi connectivity index (χ3v) is 3.54. The first-order valence-electron chi connectivity index (χ1n) is 5.00. The second kappa shape index (κ2) is 4.47. The van der Waals surface area contributed by atoms with Gasteiger partial charge in [0.25, 0.3) is 10.8 Å². The molecule has 1 N–H and O–H groups in total. The van der Waals surface area contributed by atoms with Gasteiger partial charge < -0.3 is 9.40 Å². The number of hydrogen-bond acceptors (Lipinski definition) is 5. The average molecular weight is 280 g/mol. The van der Waals surface area contributed by atoms with Gasteiger partial charge in [-0.1, -0.05) is 23.7 Å². The van der Waals surface area contributed by atoms with E-state index in [2.05, 4.69) is 15.0 Å². The number of nitrogens with zero attached hydrogens (tertiary/aromatic N) is 2. The largest absolute Gasteiger partial charge is 0.431 e. The van der Waals surface area contributed by atoms with Crippen molar-refractivity contribution in [1.82, 2.24) is 15.0 Å². The van der Waals surface area contributed by atoms with Gasteiger partial charge in [0.2, 0.25) is 0 Å². The zero-order chi connectivity index (χ0) is 12.5. The molecule has 2 aromatic heterocycles. The molecule has 0 atom stereocenters. The Morgan fingerprint density at radius 3 is 3.00 bits per heavy atom. The van der Waals surface area contributed by atoms with E-state index in [1.54, 1.807) is 0 Å². The Bertz CT molecular complexity index is 735. The van der Waals surface area contributed by atoms with Crippen LogP contribution >= 0.6 is 23.4 Å². The molecular formula is C11H6ClN3O2S. The summed E-state index contributed by atoms with van der Waals surface area (Å²) in [6, 6.07) is 7.40. The molecule has 3 rings (SSSR count). The van der Waals surface area contributed by atoms with Gasteiger partial charge in [-0.25, -0.2) is 9.97 Å². The Morgan fingerprint density at radius 1 is 1.33 bits per heavy atom. The zero-order valence-corrected chi connectivity index (χ0v) is 10.5. The fourth-order valence-electron chi connectivity index (χ4n) is 1.42. The van der Waals surface area contributed by atoms with Gasteiger partial charge >= 0.3 is 0 Å². The second-order valence-corrected chi connectivity index (χ2v) is 4.72. The number of nitrogens with one attached hydrogen (secondary N) is 1. The summed E-state index contributed by atoms with van der Waals surface area (Å²) in [6.45, 7) is 0. The number of oxazole rings is 1. The monoisotopic (exact) mass is 279 g/mol. The van der Waals surface area contributed by atoms with Crippen molar-refractivity contribution in [3.8, 4) is 0 Å². The zero-order valence-electron chi connectivity index (χ0n) is 8.88. The fraction of sp³-hybridized carbons (Fsp3) is 0. The maximum atomic E-state index is 11.3. The molecule has 18 heavy (non-hydrogen) atoms. The van der Waals surface area contributed by atoms with E-state index in [9.17, 15) is 4.79 Å². The van der Waals surface area contributed by atoms with Crippen molar-refractivity contribution in [2.75, 3.05) is 0 Å². The number of hydrogen-bond donors (Lipinski definition) is 1. The lowest BCUT2D eigenvalue weighted by atomic mass is 10.3. The molecule has 0 bridgehead atoms. The van der Waals surface area contributed by atoms with Crippen molar-refractivity contribution < 1.29 is 4.42 Å². The lowest BCUT2D eigenvalue weighted by Crippen LogP contribution is -2.07. The predicted molar refractivity (Wildman–Crippen MR) is 68.0 cm³/mol. The number of halogens is 1. The molecule has 0 aliphatic heterocycles. The van der Waals surface area contributed by atoms with Crippen LogP contribution in [0, 0.1) is 0 Å². The maximum absolute atomic E-state index is 11.3. The van der Waals surface area contributed by atoms with Crippen molar-refractivity contribution in [3.63, 3.8) is 0 Å². The van der Waals surface area contributed by atoms with Crippen LogP contribution in [0.2, 0.25) is 5.02 Å². The van der Waals surface area contributed by atoms with Gasteiger partial charge in [0.05, 0.1) is 6.33 Å². The Labute approximate surface area is 110 Å². The van der Waals surface area contributed by atoms with E-state index in [0.717, 1.165) is 17.3 Å². The van der Waals surface area contributed by atoms with Crippen LogP contribution in [-0.2, 0) is 0 Å². The molecule has 0 aliphatic rings. The SMILES string of the molecule is O=c1[nH]cnc(Sc2nc3ccccc3o2)c1Cl. The minimum absolute atomic E-state index is 0.0322. The summed E-state index contributed by atoms with van der Waals surface area (Å²) >= 11 is 6.96. The van der Waals surface area contributed by atoms with Crippen molar-refractivity contribution in [2.24, 2.45) is 0 Å². The van der Waals surface area contributed by atoms with Gasteiger partial charge in [0, 0.05) is 0 Å². The van der Waals surface area contributed by atoms with Gasteiger partial charge in [0.1, 0.15) is 15.6 Å². The van der Waals surface area contributed by atoms with E-state index < -0.39 is 0 Å². The van der Waals surface area contributed by atoms with Crippen LogP contribution in [0.15, 0.2) is 50.1 Å². The van der Waals surface area contributed by atoms with Gasteiger partial charge in [-0.05, 0) is 23.9 Å². The minimum atomic E-state index is -0.384. The summed E-state index contributed by atoms with van der Waals surface area (Å²) in [5, 5.41) is 0.799. The number of rotatable bonds is 2. The molecule has 0 unspecified atom stereocenters.